The maximum atomic E-state index is 12.5. The van der Waals surface area contributed by atoms with E-state index in [0.29, 0.717) is 4.90 Å². The predicted molar refractivity (Wildman–Crippen MR) is 64.5 cm³/mol. The minimum absolute atomic E-state index is 0.205. The zero-order chi connectivity index (χ0) is 16.0. The molecule has 0 atom stereocenters. The lowest BCUT2D eigenvalue weighted by atomic mass is 10.2. The van der Waals surface area contributed by atoms with E-state index in [9.17, 15) is 27.9 Å². The minimum Gasteiger partial charge on any atom is -0.506 e. The number of aromatic hydroxyl groups is 1. The summed E-state index contributed by atoms with van der Waals surface area (Å²) in [4.78, 5) is 27.0. The van der Waals surface area contributed by atoms with E-state index in [2.05, 4.69) is 9.72 Å². The highest BCUT2D eigenvalue weighted by atomic mass is 19.4. The van der Waals surface area contributed by atoms with Gasteiger partial charge in [-0.3, -0.25) is 14.6 Å². The number of amides is 1. The highest BCUT2D eigenvalue weighted by Gasteiger charge is 2.33. The van der Waals surface area contributed by atoms with Crippen molar-refractivity contribution in [2.75, 3.05) is 20.2 Å². The van der Waals surface area contributed by atoms with E-state index in [1.54, 1.807) is 0 Å². The van der Waals surface area contributed by atoms with Crippen LogP contribution in [0.4, 0.5) is 13.2 Å². The summed E-state index contributed by atoms with van der Waals surface area (Å²) in [6, 6.07) is 0.997. The van der Waals surface area contributed by atoms with Crippen molar-refractivity contribution in [3.05, 3.63) is 24.0 Å². The number of halogens is 3. The van der Waals surface area contributed by atoms with Crippen molar-refractivity contribution in [3.8, 4) is 5.75 Å². The first kappa shape index (κ1) is 16.7. The Hall–Kier alpha value is -2.32. The Labute approximate surface area is 118 Å². The zero-order valence-corrected chi connectivity index (χ0v) is 11.1. The van der Waals surface area contributed by atoms with Gasteiger partial charge in [0.15, 0.2) is 0 Å². The largest absolute Gasteiger partial charge is 0.506 e. The van der Waals surface area contributed by atoms with Crippen LogP contribution in [0.2, 0.25) is 0 Å². The molecule has 1 aromatic rings. The predicted octanol–water partition coefficient (Wildman–Crippen LogP) is 1.35. The van der Waals surface area contributed by atoms with Crippen LogP contribution < -0.4 is 0 Å². The molecule has 0 bridgehead atoms. The number of alkyl halides is 3. The van der Waals surface area contributed by atoms with Crippen molar-refractivity contribution in [1.29, 1.82) is 0 Å². The van der Waals surface area contributed by atoms with Gasteiger partial charge in [-0.2, -0.15) is 13.2 Å². The van der Waals surface area contributed by atoms with Gasteiger partial charge in [-0.15, -0.1) is 0 Å². The second-order valence-corrected chi connectivity index (χ2v) is 4.10. The lowest BCUT2D eigenvalue weighted by molar-refractivity contribution is -0.147. The van der Waals surface area contributed by atoms with Gasteiger partial charge in [-0.05, 0) is 6.07 Å². The lowest BCUT2D eigenvalue weighted by Gasteiger charge is -2.23. The molecule has 9 heteroatoms. The van der Waals surface area contributed by atoms with Crippen LogP contribution in [0, 0.1) is 0 Å². The van der Waals surface area contributed by atoms with Crippen molar-refractivity contribution >= 4 is 11.9 Å². The molecule has 1 heterocycles. The number of rotatable bonds is 5. The highest BCUT2D eigenvalue weighted by molar-refractivity contribution is 5.94. The molecule has 0 unspecified atom stereocenters. The molecule has 1 rings (SSSR count). The first-order chi connectivity index (χ1) is 9.73. The number of carbonyl (C=O) groups is 2. The summed E-state index contributed by atoms with van der Waals surface area (Å²) in [5, 5.41) is 9.20. The molecule has 1 aromatic heterocycles. The minimum atomic E-state index is -4.62. The zero-order valence-electron chi connectivity index (χ0n) is 11.1. The highest BCUT2D eigenvalue weighted by Crippen LogP contribution is 2.19. The summed E-state index contributed by atoms with van der Waals surface area (Å²) >= 11 is 0. The molecular formula is C12H13F3N2O4. The molecule has 6 nitrogen and oxygen atoms in total. The van der Waals surface area contributed by atoms with Crippen molar-refractivity contribution in [2.45, 2.75) is 12.6 Å². The SMILES string of the molecule is COC(=O)CCN(CC(F)(F)F)C(=O)c1cncc(O)c1. The number of carbonyl (C=O) groups excluding carboxylic acids is 2. The van der Waals surface area contributed by atoms with Gasteiger partial charge in [0.05, 0.1) is 25.3 Å². The van der Waals surface area contributed by atoms with Gasteiger partial charge in [-0.1, -0.05) is 0 Å². The van der Waals surface area contributed by atoms with E-state index in [0.717, 1.165) is 25.6 Å². The average molecular weight is 306 g/mol. The third-order valence-electron chi connectivity index (χ3n) is 2.44. The normalized spacial score (nSPS) is 11.0. The molecule has 1 amide bonds. The van der Waals surface area contributed by atoms with E-state index in [-0.39, 0.29) is 17.7 Å². The van der Waals surface area contributed by atoms with Gasteiger partial charge in [0, 0.05) is 12.7 Å². The molecule has 0 aliphatic rings. The van der Waals surface area contributed by atoms with E-state index in [1.807, 2.05) is 0 Å². The van der Waals surface area contributed by atoms with E-state index >= 15 is 0 Å². The number of pyridine rings is 1. The van der Waals surface area contributed by atoms with Gasteiger partial charge in [0.25, 0.3) is 5.91 Å². The van der Waals surface area contributed by atoms with Crippen LogP contribution in [0.1, 0.15) is 16.8 Å². The number of methoxy groups -OCH3 is 1. The number of hydrogen-bond donors (Lipinski definition) is 1. The fourth-order valence-corrected chi connectivity index (χ4v) is 1.52. The van der Waals surface area contributed by atoms with Crippen molar-refractivity contribution < 1.29 is 32.6 Å². The second-order valence-electron chi connectivity index (χ2n) is 4.10. The first-order valence-electron chi connectivity index (χ1n) is 5.80. The Kier molecular flexibility index (Phi) is 5.51. The molecular weight excluding hydrogens is 293 g/mol. The Morgan fingerprint density at radius 3 is 2.57 bits per heavy atom. The maximum absolute atomic E-state index is 12.5. The molecule has 0 radical (unpaired) electrons. The fraction of sp³-hybridized carbons (Fsp3) is 0.417. The smallest absolute Gasteiger partial charge is 0.406 e. The number of esters is 1. The number of hydrogen-bond acceptors (Lipinski definition) is 5. The fourth-order valence-electron chi connectivity index (χ4n) is 1.52. The van der Waals surface area contributed by atoms with E-state index in [4.69, 9.17) is 0 Å². The van der Waals surface area contributed by atoms with E-state index < -0.39 is 31.1 Å². The summed E-state index contributed by atoms with van der Waals surface area (Å²) in [6.07, 6.45) is -2.91. The molecule has 0 saturated carbocycles. The van der Waals surface area contributed by atoms with Crippen LogP contribution in [0.5, 0.6) is 5.75 Å². The van der Waals surface area contributed by atoms with Crippen LogP contribution in [-0.4, -0.2) is 53.2 Å². The molecule has 21 heavy (non-hydrogen) atoms. The van der Waals surface area contributed by atoms with Crippen molar-refractivity contribution in [1.82, 2.24) is 9.88 Å². The topological polar surface area (TPSA) is 79.7 Å². The van der Waals surface area contributed by atoms with Gasteiger partial charge in [-0.25, -0.2) is 0 Å². The van der Waals surface area contributed by atoms with Crippen LogP contribution in [0.3, 0.4) is 0 Å². The number of aromatic nitrogens is 1. The van der Waals surface area contributed by atoms with Crippen LogP contribution >= 0.6 is 0 Å². The third kappa shape index (κ3) is 5.67. The van der Waals surface area contributed by atoms with Gasteiger partial charge in [0.2, 0.25) is 0 Å². The molecule has 0 aromatic carbocycles. The Bertz CT molecular complexity index is 519. The van der Waals surface area contributed by atoms with Gasteiger partial charge >= 0.3 is 12.1 Å². The van der Waals surface area contributed by atoms with Crippen LogP contribution in [-0.2, 0) is 9.53 Å². The Morgan fingerprint density at radius 2 is 2.05 bits per heavy atom. The third-order valence-corrected chi connectivity index (χ3v) is 2.44. The first-order valence-corrected chi connectivity index (χ1v) is 5.80. The summed E-state index contributed by atoms with van der Waals surface area (Å²) in [5.74, 6) is -2.07. The molecule has 0 aliphatic heterocycles. The van der Waals surface area contributed by atoms with E-state index in [1.165, 1.54) is 0 Å². The van der Waals surface area contributed by atoms with Crippen LogP contribution in [0.25, 0.3) is 0 Å². The van der Waals surface area contributed by atoms with Gasteiger partial charge < -0.3 is 14.7 Å². The molecule has 0 saturated heterocycles. The van der Waals surface area contributed by atoms with Crippen molar-refractivity contribution in [2.24, 2.45) is 0 Å². The average Bonchev–Trinajstić information content (AvgIpc) is 2.41. The summed E-state index contributed by atoms with van der Waals surface area (Å²) in [5.41, 5.74) is -0.205. The Balaban J connectivity index is 2.89. The second kappa shape index (κ2) is 6.91. The molecule has 0 spiro atoms. The molecule has 1 N–H and O–H groups in total. The summed E-state index contributed by atoms with van der Waals surface area (Å²) in [7, 11) is 1.09. The number of nitrogens with zero attached hydrogens (tertiary/aromatic N) is 2. The molecule has 0 fully saturated rings. The van der Waals surface area contributed by atoms with Crippen molar-refractivity contribution in [3.63, 3.8) is 0 Å². The summed E-state index contributed by atoms with van der Waals surface area (Å²) in [6.45, 7) is -1.97. The monoisotopic (exact) mass is 306 g/mol. The molecule has 116 valence electrons. The molecule has 0 aliphatic carbocycles. The number of ether oxygens (including phenoxy) is 1. The maximum Gasteiger partial charge on any atom is 0.406 e. The quantitative estimate of drug-likeness (QED) is 0.831. The standard InChI is InChI=1S/C12H13F3N2O4/c1-21-10(19)2-3-17(7-12(13,14)15)11(20)8-4-9(18)6-16-5-8/h4-6,18H,2-3,7H2,1H3. The van der Waals surface area contributed by atoms with Gasteiger partial charge in [0.1, 0.15) is 12.3 Å². The Morgan fingerprint density at radius 1 is 1.38 bits per heavy atom. The summed E-state index contributed by atoms with van der Waals surface area (Å²) < 4.78 is 41.8. The lowest BCUT2D eigenvalue weighted by Crippen LogP contribution is -2.40. The van der Waals surface area contributed by atoms with Crippen LogP contribution in [0.15, 0.2) is 18.5 Å².